The van der Waals surface area contributed by atoms with E-state index in [9.17, 15) is 4.79 Å². The van der Waals surface area contributed by atoms with Crippen molar-refractivity contribution in [3.8, 4) is 0 Å². The molecule has 2 N–H and O–H groups in total. The van der Waals surface area contributed by atoms with Crippen LogP contribution in [-0.4, -0.2) is 16.8 Å². The fourth-order valence-electron chi connectivity index (χ4n) is 2.38. The summed E-state index contributed by atoms with van der Waals surface area (Å²) in [7, 11) is 0. The van der Waals surface area contributed by atoms with E-state index < -0.39 is 0 Å². The molecule has 4 heteroatoms. The fourth-order valence-corrected chi connectivity index (χ4v) is 2.38. The van der Waals surface area contributed by atoms with Crippen molar-refractivity contribution in [3.05, 3.63) is 71.3 Å². The van der Waals surface area contributed by atoms with Gasteiger partial charge in [0.1, 0.15) is 0 Å². The second-order valence-corrected chi connectivity index (χ2v) is 5.58. The van der Waals surface area contributed by atoms with E-state index in [0.29, 0.717) is 18.7 Å². The molecule has 2 rings (SSSR count). The molecule has 0 fully saturated rings. The van der Waals surface area contributed by atoms with Crippen molar-refractivity contribution in [2.75, 3.05) is 0 Å². The van der Waals surface area contributed by atoms with Crippen LogP contribution >= 0.6 is 12.4 Å². The summed E-state index contributed by atoms with van der Waals surface area (Å²) in [6.07, 6.45) is 0.930. The van der Waals surface area contributed by atoms with Gasteiger partial charge in [-0.2, -0.15) is 0 Å². The number of rotatable bonds is 6. The SMILES string of the molecule is CCC(C)N(Cc1ccccc1)C(=O)c1ccc(CN)cc1.Cl. The van der Waals surface area contributed by atoms with Gasteiger partial charge < -0.3 is 10.6 Å². The molecule has 0 radical (unpaired) electrons. The summed E-state index contributed by atoms with van der Waals surface area (Å²) in [5, 5.41) is 0. The van der Waals surface area contributed by atoms with Gasteiger partial charge in [-0.05, 0) is 36.6 Å². The van der Waals surface area contributed by atoms with Crippen LogP contribution in [0.2, 0.25) is 0 Å². The summed E-state index contributed by atoms with van der Waals surface area (Å²) in [4.78, 5) is 14.8. The number of carbonyl (C=O) groups is 1. The Morgan fingerprint density at radius 1 is 1.04 bits per heavy atom. The van der Waals surface area contributed by atoms with Crippen LogP contribution in [0.1, 0.15) is 41.8 Å². The van der Waals surface area contributed by atoms with Crippen LogP contribution in [0, 0.1) is 0 Å². The number of benzene rings is 2. The molecule has 0 aromatic heterocycles. The first kappa shape index (κ1) is 19.2. The molecular weight excluding hydrogens is 308 g/mol. The molecule has 2 aromatic carbocycles. The molecule has 0 spiro atoms. The predicted octanol–water partition coefficient (Wildman–Crippen LogP) is 4.01. The van der Waals surface area contributed by atoms with Gasteiger partial charge in [-0.1, -0.05) is 49.4 Å². The summed E-state index contributed by atoms with van der Waals surface area (Å²) >= 11 is 0. The molecule has 0 aliphatic carbocycles. The van der Waals surface area contributed by atoms with E-state index in [4.69, 9.17) is 5.73 Å². The first-order chi connectivity index (χ1) is 10.7. The highest BCUT2D eigenvalue weighted by Gasteiger charge is 2.20. The number of nitrogens with two attached hydrogens (primary N) is 1. The minimum absolute atomic E-state index is 0. The van der Waals surface area contributed by atoms with Crippen molar-refractivity contribution in [1.29, 1.82) is 0 Å². The third-order valence-electron chi connectivity index (χ3n) is 4.02. The quantitative estimate of drug-likeness (QED) is 0.868. The Morgan fingerprint density at radius 2 is 1.65 bits per heavy atom. The van der Waals surface area contributed by atoms with Crippen LogP contribution in [0.15, 0.2) is 54.6 Å². The van der Waals surface area contributed by atoms with Crippen molar-refractivity contribution in [1.82, 2.24) is 4.90 Å². The summed E-state index contributed by atoms with van der Waals surface area (Å²) in [6.45, 7) is 5.32. The Balaban J connectivity index is 0.00000264. The van der Waals surface area contributed by atoms with E-state index in [0.717, 1.165) is 17.5 Å². The average molecular weight is 333 g/mol. The van der Waals surface area contributed by atoms with Gasteiger partial charge in [-0.3, -0.25) is 4.79 Å². The van der Waals surface area contributed by atoms with E-state index in [1.807, 2.05) is 47.4 Å². The lowest BCUT2D eigenvalue weighted by Gasteiger charge is -2.29. The van der Waals surface area contributed by atoms with E-state index in [-0.39, 0.29) is 24.4 Å². The fraction of sp³-hybridized carbons (Fsp3) is 0.316. The summed E-state index contributed by atoms with van der Waals surface area (Å²) in [5.41, 5.74) is 8.51. The van der Waals surface area contributed by atoms with Crippen LogP contribution in [0.5, 0.6) is 0 Å². The number of halogens is 1. The molecule has 0 saturated carbocycles. The molecule has 0 bridgehead atoms. The minimum Gasteiger partial charge on any atom is -0.332 e. The standard InChI is InChI=1S/C19H24N2O.ClH/c1-3-15(2)21(14-17-7-5-4-6-8-17)19(22)18-11-9-16(13-20)10-12-18;/h4-12,15H,3,13-14,20H2,1-2H3;1H. The highest BCUT2D eigenvalue weighted by Crippen LogP contribution is 2.16. The van der Waals surface area contributed by atoms with Crippen LogP contribution in [0.25, 0.3) is 0 Å². The third-order valence-corrected chi connectivity index (χ3v) is 4.02. The van der Waals surface area contributed by atoms with E-state index in [1.54, 1.807) is 0 Å². The first-order valence-corrected chi connectivity index (χ1v) is 7.79. The molecular formula is C19H25ClN2O. The zero-order valence-electron chi connectivity index (χ0n) is 13.7. The van der Waals surface area contributed by atoms with Crippen molar-refractivity contribution in [2.45, 2.75) is 39.4 Å². The van der Waals surface area contributed by atoms with Crippen LogP contribution < -0.4 is 5.73 Å². The van der Waals surface area contributed by atoms with Gasteiger partial charge in [0.25, 0.3) is 5.91 Å². The maximum atomic E-state index is 12.8. The van der Waals surface area contributed by atoms with Crippen molar-refractivity contribution in [3.63, 3.8) is 0 Å². The average Bonchev–Trinajstić information content (AvgIpc) is 2.59. The number of nitrogens with zero attached hydrogens (tertiary/aromatic N) is 1. The molecule has 0 aliphatic heterocycles. The molecule has 0 heterocycles. The smallest absolute Gasteiger partial charge is 0.254 e. The molecule has 0 aliphatic rings. The van der Waals surface area contributed by atoms with E-state index in [1.165, 1.54) is 0 Å². The summed E-state index contributed by atoms with van der Waals surface area (Å²) in [6, 6.07) is 17.9. The Hall–Kier alpha value is -1.84. The largest absolute Gasteiger partial charge is 0.332 e. The zero-order chi connectivity index (χ0) is 15.9. The molecule has 23 heavy (non-hydrogen) atoms. The van der Waals surface area contributed by atoms with Gasteiger partial charge >= 0.3 is 0 Å². The van der Waals surface area contributed by atoms with Gasteiger partial charge in [0.15, 0.2) is 0 Å². The second kappa shape index (κ2) is 9.33. The van der Waals surface area contributed by atoms with E-state index >= 15 is 0 Å². The lowest BCUT2D eigenvalue weighted by atomic mass is 10.1. The first-order valence-electron chi connectivity index (χ1n) is 7.79. The number of hydrogen-bond donors (Lipinski definition) is 1. The second-order valence-electron chi connectivity index (χ2n) is 5.58. The maximum absolute atomic E-state index is 12.8. The van der Waals surface area contributed by atoms with E-state index in [2.05, 4.69) is 26.0 Å². The lowest BCUT2D eigenvalue weighted by Crippen LogP contribution is -2.37. The molecule has 2 aromatic rings. The summed E-state index contributed by atoms with van der Waals surface area (Å²) < 4.78 is 0. The molecule has 0 saturated heterocycles. The molecule has 1 amide bonds. The van der Waals surface area contributed by atoms with Gasteiger partial charge in [0, 0.05) is 24.7 Å². The normalized spacial score (nSPS) is 11.4. The predicted molar refractivity (Wildman–Crippen MR) is 97.6 cm³/mol. The number of hydrogen-bond acceptors (Lipinski definition) is 2. The van der Waals surface area contributed by atoms with Gasteiger partial charge in [-0.25, -0.2) is 0 Å². The van der Waals surface area contributed by atoms with Crippen molar-refractivity contribution < 1.29 is 4.79 Å². The monoisotopic (exact) mass is 332 g/mol. The Kier molecular flexibility index (Phi) is 7.79. The van der Waals surface area contributed by atoms with Crippen LogP contribution in [0.4, 0.5) is 0 Å². The maximum Gasteiger partial charge on any atom is 0.254 e. The summed E-state index contributed by atoms with van der Waals surface area (Å²) in [5.74, 6) is 0.0711. The van der Waals surface area contributed by atoms with Crippen molar-refractivity contribution >= 4 is 18.3 Å². The van der Waals surface area contributed by atoms with Crippen LogP contribution in [0.3, 0.4) is 0 Å². The topological polar surface area (TPSA) is 46.3 Å². The Labute approximate surface area is 144 Å². The Morgan fingerprint density at radius 3 is 2.17 bits per heavy atom. The van der Waals surface area contributed by atoms with Gasteiger partial charge in [0.05, 0.1) is 0 Å². The molecule has 1 atom stereocenters. The zero-order valence-corrected chi connectivity index (χ0v) is 14.6. The highest BCUT2D eigenvalue weighted by atomic mass is 35.5. The van der Waals surface area contributed by atoms with Crippen molar-refractivity contribution in [2.24, 2.45) is 5.73 Å². The Bertz CT molecular complexity index is 599. The number of carbonyl (C=O) groups excluding carboxylic acids is 1. The van der Waals surface area contributed by atoms with Gasteiger partial charge in [0.2, 0.25) is 0 Å². The third kappa shape index (κ3) is 5.08. The molecule has 1 unspecified atom stereocenters. The van der Waals surface area contributed by atoms with Crippen LogP contribution in [-0.2, 0) is 13.1 Å². The minimum atomic E-state index is 0. The lowest BCUT2D eigenvalue weighted by molar-refractivity contribution is 0.0671. The van der Waals surface area contributed by atoms with Gasteiger partial charge in [-0.15, -0.1) is 12.4 Å². The highest BCUT2D eigenvalue weighted by molar-refractivity contribution is 5.94. The number of amides is 1. The molecule has 124 valence electrons. The molecule has 3 nitrogen and oxygen atoms in total.